The number of fused-ring (bicyclic) bond motifs is 1. The van der Waals surface area contributed by atoms with Gasteiger partial charge < -0.3 is 10.5 Å². The summed E-state index contributed by atoms with van der Waals surface area (Å²) in [5.74, 6) is 0.0694. The molecule has 9 heteroatoms. The predicted molar refractivity (Wildman–Crippen MR) is 105 cm³/mol. The number of aryl methyl sites for hydroxylation is 1. The minimum absolute atomic E-state index is 0.160. The molecule has 0 unspecified atom stereocenters. The Bertz CT molecular complexity index is 1290. The molecule has 4 heterocycles. The van der Waals surface area contributed by atoms with Crippen LogP contribution in [0.3, 0.4) is 0 Å². The first kappa shape index (κ1) is 17.9. The maximum absolute atomic E-state index is 11.3. The van der Waals surface area contributed by atoms with E-state index in [2.05, 4.69) is 27.8 Å². The van der Waals surface area contributed by atoms with Crippen molar-refractivity contribution in [2.45, 2.75) is 0 Å². The Balaban J connectivity index is 1.77. The van der Waals surface area contributed by atoms with E-state index in [4.69, 9.17) is 10.5 Å². The molecule has 0 fully saturated rings. The molecule has 2 N–H and O–H groups in total. The Kier molecular flexibility index (Phi) is 4.29. The third-order valence-electron chi connectivity index (χ3n) is 4.33. The number of primary amides is 1. The fraction of sp³-hybridized carbons (Fsp3) is 0.0500. The Morgan fingerprint density at radius 1 is 1.21 bits per heavy atom. The van der Waals surface area contributed by atoms with Crippen molar-refractivity contribution in [3.05, 3.63) is 66.9 Å². The van der Waals surface area contributed by atoms with E-state index in [0.29, 0.717) is 22.4 Å². The molecular formula is C20H15N7O2. The fourth-order valence-corrected chi connectivity index (χ4v) is 2.85. The lowest BCUT2D eigenvalue weighted by Gasteiger charge is -2.10. The van der Waals surface area contributed by atoms with E-state index in [1.807, 2.05) is 13.2 Å². The highest BCUT2D eigenvalue weighted by atomic mass is 16.5. The number of amides is 1. The normalized spacial score (nSPS) is 10.6. The molecule has 0 atom stereocenters. The van der Waals surface area contributed by atoms with E-state index < -0.39 is 5.91 Å². The van der Waals surface area contributed by atoms with Crippen molar-refractivity contribution < 1.29 is 9.53 Å². The van der Waals surface area contributed by atoms with Gasteiger partial charge in [0.2, 0.25) is 11.8 Å². The van der Waals surface area contributed by atoms with Gasteiger partial charge in [-0.15, -0.1) is 0 Å². The summed E-state index contributed by atoms with van der Waals surface area (Å²) in [6.07, 6.45) is 8.31. The zero-order valence-corrected chi connectivity index (χ0v) is 15.4. The van der Waals surface area contributed by atoms with Gasteiger partial charge in [-0.1, -0.05) is 6.58 Å². The third kappa shape index (κ3) is 3.30. The Morgan fingerprint density at radius 2 is 2.03 bits per heavy atom. The van der Waals surface area contributed by atoms with Gasteiger partial charge in [-0.25, -0.2) is 9.50 Å². The van der Waals surface area contributed by atoms with Crippen molar-refractivity contribution in [3.63, 3.8) is 0 Å². The quantitative estimate of drug-likeness (QED) is 0.526. The largest absolute Gasteiger partial charge is 0.437 e. The summed E-state index contributed by atoms with van der Waals surface area (Å²) in [4.78, 5) is 15.5. The lowest BCUT2D eigenvalue weighted by molar-refractivity contribution is -0.112. The van der Waals surface area contributed by atoms with Crippen LogP contribution in [0, 0.1) is 11.3 Å². The van der Waals surface area contributed by atoms with Crippen molar-refractivity contribution in [3.8, 4) is 28.8 Å². The number of pyridine rings is 2. The summed E-state index contributed by atoms with van der Waals surface area (Å²) >= 11 is 0. The Labute approximate surface area is 165 Å². The molecule has 0 aliphatic rings. The first-order valence-corrected chi connectivity index (χ1v) is 8.50. The van der Waals surface area contributed by atoms with Gasteiger partial charge in [0.25, 0.3) is 0 Å². The number of carbonyl (C=O) groups excluding carboxylic acids is 1. The molecule has 0 aliphatic heterocycles. The van der Waals surface area contributed by atoms with Crippen LogP contribution in [0.15, 0.2) is 55.8 Å². The van der Waals surface area contributed by atoms with Crippen LogP contribution in [-0.2, 0) is 11.8 Å². The van der Waals surface area contributed by atoms with E-state index in [9.17, 15) is 10.1 Å². The molecule has 0 spiro atoms. The van der Waals surface area contributed by atoms with Crippen molar-refractivity contribution in [1.29, 1.82) is 5.26 Å². The number of hydrogen-bond acceptors (Lipinski definition) is 6. The molecule has 0 aliphatic carbocycles. The second kappa shape index (κ2) is 6.94. The number of aromatic nitrogens is 5. The standard InChI is InChI=1S/C20H15N7O2/c1-12(20(22)28)13-3-4-18(23-7-13)29-17-5-14(16-9-24-26(2)10-16)11-27-19(17)15(6-21)8-25-27/h3-5,7-11H,1H2,2H3,(H2,22,28). The van der Waals surface area contributed by atoms with Crippen LogP contribution in [0.4, 0.5) is 0 Å². The molecule has 1 amide bonds. The molecule has 29 heavy (non-hydrogen) atoms. The lowest BCUT2D eigenvalue weighted by atomic mass is 10.1. The maximum Gasteiger partial charge on any atom is 0.248 e. The molecular weight excluding hydrogens is 370 g/mol. The lowest BCUT2D eigenvalue weighted by Crippen LogP contribution is -2.12. The number of rotatable bonds is 5. The Hall–Kier alpha value is -4.45. The van der Waals surface area contributed by atoms with Gasteiger partial charge in [0, 0.05) is 54.0 Å². The molecule has 4 aromatic heterocycles. The van der Waals surface area contributed by atoms with E-state index in [0.717, 1.165) is 11.1 Å². The predicted octanol–water partition coefficient (Wildman–Crippen LogP) is 2.29. The van der Waals surface area contributed by atoms with Gasteiger partial charge in [-0.05, 0) is 12.1 Å². The van der Waals surface area contributed by atoms with Crippen molar-refractivity contribution in [2.24, 2.45) is 12.8 Å². The molecule has 0 bridgehead atoms. The smallest absolute Gasteiger partial charge is 0.248 e. The van der Waals surface area contributed by atoms with E-state index in [1.54, 1.807) is 39.8 Å². The van der Waals surface area contributed by atoms with Crippen molar-refractivity contribution in [1.82, 2.24) is 24.4 Å². The zero-order valence-electron chi connectivity index (χ0n) is 15.4. The summed E-state index contributed by atoms with van der Waals surface area (Å²) in [6.45, 7) is 3.63. The van der Waals surface area contributed by atoms with Crippen molar-refractivity contribution in [2.75, 3.05) is 0 Å². The van der Waals surface area contributed by atoms with Gasteiger partial charge in [0.15, 0.2) is 5.75 Å². The molecule has 4 rings (SSSR count). The third-order valence-corrected chi connectivity index (χ3v) is 4.33. The van der Waals surface area contributed by atoms with E-state index >= 15 is 0 Å². The van der Waals surface area contributed by atoms with Crippen molar-refractivity contribution >= 4 is 17.0 Å². The monoisotopic (exact) mass is 385 g/mol. The van der Waals surface area contributed by atoms with Crippen LogP contribution < -0.4 is 10.5 Å². The zero-order chi connectivity index (χ0) is 20.5. The molecule has 9 nitrogen and oxygen atoms in total. The average Bonchev–Trinajstić information content (AvgIpc) is 3.34. The van der Waals surface area contributed by atoms with Crippen LogP contribution in [0.1, 0.15) is 11.1 Å². The molecule has 0 aromatic carbocycles. The summed E-state index contributed by atoms with van der Waals surface area (Å²) in [6, 6.07) is 7.15. The van der Waals surface area contributed by atoms with Gasteiger partial charge in [-0.3, -0.25) is 9.48 Å². The SMILES string of the molecule is C=C(C(N)=O)c1ccc(Oc2cc(-c3cnn(C)c3)cn3ncc(C#N)c23)nc1. The molecule has 0 radical (unpaired) electrons. The maximum atomic E-state index is 11.3. The van der Waals surface area contributed by atoms with Crippen LogP contribution >= 0.6 is 0 Å². The fourth-order valence-electron chi connectivity index (χ4n) is 2.85. The molecule has 142 valence electrons. The second-order valence-electron chi connectivity index (χ2n) is 6.29. The molecule has 4 aromatic rings. The minimum Gasteiger partial charge on any atom is -0.437 e. The number of nitriles is 1. The summed E-state index contributed by atoms with van der Waals surface area (Å²) < 4.78 is 9.23. The topological polar surface area (TPSA) is 124 Å². The molecule has 0 saturated carbocycles. The van der Waals surface area contributed by atoms with Crippen LogP contribution in [0.2, 0.25) is 0 Å². The van der Waals surface area contributed by atoms with E-state index in [1.165, 1.54) is 12.4 Å². The van der Waals surface area contributed by atoms with Crippen LogP contribution in [0.5, 0.6) is 11.6 Å². The van der Waals surface area contributed by atoms with Gasteiger partial charge in [0.05, 0.1) is 12.4 Å². The first-order chi connectivity index (χ1) is 14.0. The van der Waals surface area contributed by atoms with E-state index in [-0.39, 0.29) is 11.5 Å². The minimum atomic E-state index is -0.621. The number of nitrogens with two attached hydrogens (primary N) is 1. The second-order valence-corrected chi connectivity index (χ2v) is 6.29. The van der Waals surface area contributed by atoms with Crippen LogP contribution in [0.25, 0.3) is 22.2 Å². The summed E-state index contributed by atoms with van der Waals surface area (Å²) in [7, 11) is 1.83. The number of nitrogens with zero attached hydrogens (tertiary/aromatic N) is 6. The summed E-state index contributed by atoms with van der Waals surface area (Å²) in [5.41, 5.74) is 8.48. The first-order valence-electron chi connectivity index (χ1n) is 8.50. The Morgan fingerprint density at radius 3 is 2.66 bits per heavy atom. The molecule has 0 saturated heterocycles. The highest BCUT2D eigenvalue weighted by Gasteiger charge is 2.15. The average molecular weight is 385 g/mol. The number of carbonyl (C=O) groups is 1. The van der Waals surface area contributed by atoms with Crippen LogP contribution in [-0.4, -0.2) is 30.3 Å². The van der Waals surface area contributed by atoms with Gasteiger partial charge in [-0.2, -0.15) is 15.5 Å². The van der Waals surface area contributed by atoms with Gasteiger partial charge in [0.1, 0.15) is 17.1 Å². The number of hydrogen-bond donors (Lipinski definition) is 1. The summed E-state index contributed by atoms with van der Waals surface area (Å²) in [5, 5.41) is 17.8. The highest BCUT2D eigenvalue weighted by molar-refractivity contribution is 6.17. The highest BCUT2D eigenvalue weighted by Crippen LogP contribution is 2.32. The van der Waals surface area contributed by atoms with Gasteiger partial charge >= 0.3 is 0 Å². The number of ether oxygens (including phenoxy) is 1.